The summed E-state index contributed by atoms with van der Waals surface area (Å²) in [6, 6.07) is 3.96. The van der Waals surface area contributed by atoms with Crippen molar-refractivity contribution in [1.29, 1.82) is 0 Å². The van der Waals surface area contributed by atoms with Gasteiger partial charge >= 0.3 is 6.09 Å². The number of H-pyrrole nitrogens is 1. The van der Waals surface area contributed by atoms with Gasteiger partial charge in [-0.05, 0) is 57.2 Å². The Morgan fingerprint density at radius 1 is 1.05 bits per heavy atom. The number of aromatic amines is 1. The first-order valence-corrected chi connectivity index (χ1v) is 13.2. The maximum absolute atomic E-state index is 12.6. The van der Waals surface area contributed by atoms with Crippen LogP contribution in [0.5, 0.6) is 0 Å². The average molecular weight is 502 g/mol. The number of fused-ring (bicyclic) bond motifs is 2. The fraction of sp³-hybridized carbons (Fsp3) is 0.464. The van der Waals surface area contributed by atoms with Crippen molar-refractivity contribution >= 4 is 33.8 Å². The van der Waals surface area contributed by atoms with Gasteiger partial charge in [-0.1, -0.05) is 13.8 Å². The van der Waals surface area contributed by atoms with Crippen molar-refractivity contribution in [3.63, 3.8) is 0 Å². The Hall–Kier alpha value is -3.75. The van der Waals surface area contributed by atoms with Crippen LogP contribution in [0.1, 0.15) is 58.9 Å². The minimum atomic E-state index is -0.508. The Morgan fingerprint density at radius 2 is 1.81 bits per heavy atom. The third-order valence-corrected chi connectivity index (χ3v) is 6.57. The first-order valence-electron chi connectivity index (χ1n) is 13.2. The van der Waals surface area contributed by atoms with Gasteiger partial charge in [0.05, 0.1) is 11.7 Å². The summed E-state index contributed by atoms with van der Waals surface area (Å²) in [6.07, 6.45) is 9.54. The van der Waals surface area contributed by atoms with E-state index in [2.05, 4.69) is 19.9 Å². The average Bonchev–Trinajstić information content (AvgIpc) is 3.63. The number of ether oxygens (including phenoxy) is 1. The number of pyridine rings is 2. The van der Waals surface area contributed by atoms with E-state index in [0.717, 1.165) is 33.3 Å². The quantitative estimate of drug-likeness (QED) is 0.394. The molecule has 194 valence electrons. The number of rotatable bonds is 3. The number of carbonyl (C=O) groups is 1. The molecule has 0 aromatic carbocycles. The van der Waals surface area contributed by atoms with Crippen molar-refractivity contribution in [3.05, 3.63) is 42.5 Å². The third kappa shape index (κ3) is 5.08. The van der Waals surface area contributed by atoms with Crippen molar-refractivity contribution in [2.45, 2.75) is 59.0 Å². The molecule has 1 saturated carbocycles. The van der Waals surface area contributed by atoms with E-state index in [1.54, 1.807) is 11.1 Å². The maximum Gasteiger partial charge on any atom is 0.410 e. The highest BCUT2D eigenvalue weighted by molar-refractivity contribution is 5.97. The number of carbonyl (C=O) groups excluding carboxylic acids is 1. The van der Waals surface area contributed by atoms with Gasteiger partial charge in [0.2, 0.25) is 0 Å². The molecule has 0 bridgehead atoms. The minimum Gasteiger partial charge on any atom is -0.444 e. The molecule has 0 atom stereocenters. The SMILES string of the molecule is CC.CC(C)(C)OC(=O)N1CCN(c2nc(-c3ccnc4[nH]ccc34)nc3cncc(C4CC4)c23)CC1. The molecule has 6 rings (SSSR count). The van der Waals surface area contributed by atoms with Crippen LogP contribution in [0.25, 0.3) is 33.3 Å². The summed E-state index contributed by atoms with van der Waals surface area (Å²) in [5.74, 6) is 2.09. The van der Waals surface area contributed by atoms with Crippen LogP contribution in [-0.4, -0.2) is 67.7 Å². The first kappa shape index (κ1) is 24.9. The van der Waals surface area contributed by atoms with Gasteiger partial charge in [0, 0.05) is 61.1 Å². The second kappa shape index (κ2) is 9.95. The second-order valence-electron chi connectivity index (χ2n) is 10.3. The molecule has 1 amide bonds. The molecule has 5 heterocycles. The molecule has 37 heavy (non-hydrogen) atoms. The van der Waals surface area contributed by atoms with Gasteiger partial charge in [-0.2, -0.15) is 0 Å². The van der Waals surface area contributed by atoms with E-state index in [1.807, 2.05) is 65.3 Å². The van der Waals surface area contributed by atoms with Crippen LogP contribution in [0.3, 0.4) is 0 Å². The van der Waals surface area contributed by atoms with Crippen LogP contribution in [0.2, 0.25) is 0 Å². The van der Waals surface area contributed by atoms with Crippen LogP contribution in [0.15, 0.2) is 36.9 Å². The van der Waals surface area contributed by atoms with E-state index in [1.165, 1.54) is 18.4 Å². The molecular formula is C28H35N7O2. The van der Waals surface area contributed by atoms with Crippen molar-refractivity contribution in [2.24, 2.45) is 0 Å². The first-order chi connectivity index (χ1) is 17.9. The number of nitrogens with zero attached hydrogens (tertiary/aromatic N) is 6. The lowest BCUT2D eigenvalue weighted by Gasteiger charge is -2.36. The van der Waals surface area contributed by atoms with Crippen molar-refractivity contribution in [2.75, 3.05) is 31.1 Å². The number of hydrogen-bond acceptors (Lipinski definition) is 7. The molecule has 2 aliphatic rings. The molecule has 4 aromatic heterocycles. The van der Waals surface area contributed by atoms with Gasteiger partial charge in [0.15, 0.2) is 5.82 Å². The predicted molar refractivity (Wildman–Crippen MR) is 146 cm³/mol. The smallest absolute Gasteiger partial charge is 0.410 e. The highest BCUT2D eigenvalue weighted by Gasteiger charge is 2.31. The van der Waals surface area contributed by atoms with Crippen LogP contribution in [0.4, 0.5) is 10.6 Å². The normalized spacial score (nSPS) is 16.0. The van der Waals surface area contributed by atoms with Gasteiger partial charge in [-0.25, -0.2) is 19.7 Å². The number of amides is 1. The van der Waals surface area contributed by atoms with E-state index in [9.17, 15) is 4.79 Å². The summed E-state index contributed by atoms with van der Waals surface area (Å²) >= 11 is 0. The minimum absolute atomic E-state index is 0.264. The molecule has 0 unspecified atom stereocenters. The van der Waals surface area contributed by atoms with E-state index in [0.29, 0.717) is 37.9 Å². The number of nitrogens with one attached hydrogen (secondary N) is 1. The summed E-state index contributed by atoms with van der Waals surface area (Å²) in [6.45, 7) is 12.2. The monoisotopic (exact) mass is 501 g/mol. The summed E-state index contributed by atoms with van der Waals surface area (Å²) in [4.78, 5) is 38.9. The summed E-state index contributed by atoms with van der Waals surface area (Å²) < 4.78 is 5.58. The maximum atomic E-state index is 12.6. The standard InChI is InChI=1S/C26H29N7O2.C2H6/c1-26(2,3)35-25(34)33-12-10-32(11-13-33)24-21-19(16-4-5-16)14-27-15-20(21)30-23(31-24)18-7-9-29-22-17(18)6-8-28-22;1-2/h6-9,14-16H,4-5,10-13H2,1-3H3,(H,28,29);1-2H3. The van der Waals surface area contributed by atoms with Crippen molar-refractivity contribution in [3.8, 4) is 11.4 Å². The lowest BCUT2D eigenvalue weighted by atomic mass is 10.1. The zero-order chi connectivity index (χ0) is 26.2. The lowest BCUT2D eigenvalue weighted by molar-refractivity contribution is 0.0240. The topological polar surface area (TPSA) is 100 Å². The highest BCUT2D eigenvalue weighted by atomic mass is 16.6. The van der Waals surface area contributed by atoms with Crippen molar-refractivity contribution < 1.29 is 9.53 Å². The van der Waals surface area contributed by atoms with Crippen molar-refractivity contribution in [1.82, 2.24) is 29.8 Å². The van der Waals surface area contributed by atoms with Gasteiger partial charge < -0.3 is 19.5 Å². The molecule has 1 saturated heterocycles. The summed E-state index contributed by atoms with van der Waals surface area (Å²) in [7, 11) is 0. The second-order valence-corrected chi connectivity index (χ2v) is 10.3. The lowest BCUT2D eigenvalue weighted by Crippen LogP contribution is -2.50. The molecular weight excluding hydrogens is 466 g/mol. The molecule has 9 nitrogen and oxygen atoms in total. The fourth-order valence-electron chi connectivity index (χ4n) is 4.73. The molecule has 1 N–H and O–H groups in total. The van der Waals surface area contributed by atoms with Gasteiger partial charge in [0.25, 0.3) is 0 Å². The number of aromatic nitrogens is 5. The Bertz CT molecular complexity index is 1410. The number of piperazine rings is 1. The number of anilines is 1. The van der Waals surface area contributed by atoms with Crippen LogP contribution >= 0.6 is 0 Å². The van der Waals surface area contributed by atoms with E-state index < -0.39 is 5.60 Å². The van der Waals surface area contributed by atoms with E-state index in [-0.39, 0.29) is 6.09 Å². The Balaban J connectivity index is 0.00000137. The molecule has 9 heteroatoms. The van der Waals surface area contributed by atoms with E-state index in [4.69, 9.17) is 14.7 Å². The fourth-order valence-corrected chi connectivity index (χ4v) is 4.73. The van der Waals surface area contributed by atoms with Gasteiger partial charge in [0.1, 0.15) is 17.1 Å². The molecule has 0 spiro atoms. The predicted octanol–water partition coefficient (Wildman–Crippen LogP) is 5.53. The highest BCUT2D eigenvalue weighted by Crippen LogP contribution is 2.45. The van der Waals surface area contributed by atoms with Crippen LogP contribution < -0.4 is 4.90 Å². The third-order valence-electron chi connectivity index (χ3n) is 6.57. The summed E-state index contributed by atoms with van der Waals surface area (Å²) in [5.41, 5.74) is 3.31. The van der Waals surface area contributed by atoms with E-state index >= 15 is 0 Å². The van der Waals surface area contributed by atoms with Gasteiger partial charge in [-0.15, -0.1) is 0 Å². The number of hydrogen-bond donors (Lipinski definition) is 1. The molecule has 4 aromatic rings. The molecule has 1 aliphatic heterocycles. The molecule has 2 fully saturated rings. The Labute approximate surface area is 217 Å². The van der Waals surface area contributed by atoms with Crippen LogP contribution in [-0.2, 0) is 4.74 Å². The van der Waals surface area contributed by atoms with Gasteiger partial charge in [-0.3, -0.25) is 4.98 Å². The summed E-state index contributed by atoms with van der Waals surface area (Å²) in [5, 5.41) is 2.06. The largest absolute Gasteiger partial charge is 0.444 e. The Kier molecular flexibility index (Phi) is 6.70. The zero-order valence-electron chi connectivity index (χ0n) is 22.3. The van der Waals surface area contributed by atoms with Crippen LogP contribution in [0, 0.1) is 0 Å². The Morgan fingerprint density at radius 3 is 2.51 bits per heavy atom. The zero-order valence-corrected chi connectivity index (χ0v) is 22.3. The molecule has 0 radical (unpaired) electrons. The molecule has 1 aliphatic carbocycles.